The molecule has 0 aromatic carbocycles. The van der Waals surface area contributed by atoms with Crippen molar-refractivity contribution in [2.24, 2.45) is 11.8 Å². The number of carbonyl (C=O) groups excluding carboxylic acids is 2. The van der Waals surface area contributed by atoms with Gasteiger partial charge in [0.2, 0.25) is 0 Å². The molecule has 0 aromatic rings. The molecule has 28 heavy (non-hydrogen) atoms. The number of hydrogen-bond donors (Lipinski definition) is 1. The van der Waals surface area contributed by atoms with Crippen molar-refractivity contribution in [1.29, 1.82) is 0 Å². The third-order valence-electron chi connectivity index (χ3n) is 6.97. The number of alkyl carbamates (subject to hydrolysis) is 1. The predicted octanol–water partition coefficient (Wildman–Crippen LogP) is 1.72. The van der Waals surface area contributed by atoms with Gasteiger partial charge in [-0.05, 0) is 40.0 Å². The van der Waals surface area contributed by atoms with Gasteiger partial charge in [-0.3, -0.25) is 4.79 Å². The molecule has 9 heteroatoms. The fourth-order valence-electron chi connectivity index (χ4n) is 6.20. The lowest BCUT2D eigenvalue weighted by molar-refractivity contribution is -0.249. The molecule has 0 aromatic heterocycles. The standard InChI is InChI=1S/C19H26ClNO7/c1-16(2)24-8-18(28-16)10-7-11(22)12-19(9(10)5-6-20,21-15(23)25-12)14-13(18)26-17(3,4)27-14/h9-10,12-14H,5-8H2,1-4H3,(H,21,23)/t9-,10+,12+,13-,14+,18-,19-/m0/s1. The Morgan fingerprint density at radius 3 is 2.46 bits per heavy atom. The number of ether oxygens (including phenoxy) is 5. The van der Waals surface area contributed by atoms with Crippen LogP contribution in [-0.4, -0.2) is 65.4 Å². The second-order valence-electron chi connectivity index (χ2n) is 9.43. The normalized spacial score (nSPS) is 50.2. The molecule has 7 atom stereocenters. The Kier molecular flexibility index (Phi) is 3.81. The molecule has 1 amide bonds. The van der Waals surface area contributed by atoms with Crippen molar-refractivity contribution in [2.75, 3.05) is 12.5 Å². The van der Waals surface area contributed by atoms with Crippen LogP contribution in [0.25, 0.3) is 0 Å². The summed E-state index contributed by atoms with van der Waals surface area (Å²) in [7, 11) is 0. The Morgan fingerprint density at radius 1 is 1.11 bits per heavy atom. The summed E-state index contributed by atoms with van der Waals surface area (Å²) in [5.74, 6) is -1.88. The maximum atomic E-state index is 13.1. The number of Topliss-reactive ketones (excluding diaryl/α,β-unsaturated/α-hetero) is 1. The Labute approximate surface area is 168 Å². The van der Waals surface area contributed by atoms with Gasteiger partial charge in [0.05, 0.1) is 6.61 Å². The van der Waals surface area contributed by atoms with E-state index in [1.54, 1.807) is 0 Å². The van der Waals surface area contributed by atoms with Crippen LogP contribution >= 0.6 is 11.6 Å². The van der Waals surface area contributed by atoms with E-state index < -0.39 is 47.1 Å². The van der Waals surface area contributed by atoms with Crippen LogP contribution in [-0.2, 0) is 28.5 Å². The van der Waals surface area contributed by atoms with E-state index in [2.05, 4.69) is 5.32 Å². The molecule has 1 N–H and O–H groups in total. The molecular weight excluding hydrogens is 390 g/mol. The second-order valence-corrected chi connectivity index (χ2v) is 9.80. The topological polar surface area (TPSA) is 92.3 Å². The van der Waals surface area contributed by atoms with Crippen LogP contribution in [0.15, 0.2) is 0 Å². The first-order valence-electron chi connectivity index (χ1n) is 9.82. The number of hydrogen-bond acceptors (Lipinski definition) is 7. The minimum Gasteiger partial charge on any atom is -0.436 e. The molecular formula is C19H26ClNO7. The number of ketones is 1. The average Bonchev–Trinajstić information content (AvgIpc) is 3.21. The monoisotopic (exact) mass is 415 g/mol. The van der Waals surface area contributed by atoms with Crippen LogP contribution in [0.3, 0.4) is 0 Å². The second kappa shape index (κ2) is 5.60. The Balaban J connectivity index is 1.71. The lowest BCUT2D eigenvalue weighted by Crippen LogP contribution is -2.80. The number of carbonyl (C=O) groups is 2. The van der Waals surface area contributed by atoms with Gasteiger partial charge in [-0.15, -0.1) is 11.6 Å². The predicted molar refractivity (Wildman–Crippen MR) is 95.7 cm³/mol. The smallest absolute Gasteiger partial charge is 0.408 e. The number of halogens is 1. The van der Waals surface area contributed by atoms with Crippen LogP contribution in [0.1, 0.15) is 40.5 Å². The first kappa shape index (κ1) is 19.1. The highest BCUT2D eigenvalue weighted by molar-refractivity contribution is 6.17. The number of rotatable bonds is 2. The van der Waals surface area contributed by atoms with Crippen LogP contribution in [0.4, 0.5) is 4.79 Å². The number of amides is 1. The fraction of sp³-hybridized carbons (Fsp3) is 0.895. The molecule has 5 fully saturated rings. The minimum absolute atomic E-state index is 0.131. The molecule has 2 aliphatic carbocycles. The molecule has 5 aliphatic rings. The SMILES string of the molecule is CC1(C)O[C@@H]2[C@H](O1)[C@]1(COC(C)(C)O1)[C@@H]1CC(=O)[C@H]3OC(=O)N[C@@]32[C@H]1CCCl. The van der Waals surface area contributed by atoms with Crippen molar-refractivity contribution >= 4 is 23.5 Å². The van der Waals surface area contributed by atoms with Crippen molar-refractivity contribution in [3.63, 3.8) is 0 Å². The molecule has 3 heterocycles. The molecule has 3 saturated heterocycles. The first-order chi connectivity index (χ1) is 13.0. The molecule has 5 rings (SSSR count). The van der Waals surface area contributed by atoms with Crippen molar-refractivity contribution < 1.29 is 33.3 Å². The minimum atomic E-state index is -1.02. The maximum Gasteiger partial charge on any atom is 0.408 e. The summed E-state index contributed by atoms with van der Waals surface area (Å²) < 4.78 is 30.6. The summed E-state index contributed by atoms with van der Waals surface area (Å²) in [6, 6.07) is 0. The van der Waals surface area contributed by atoms with Crippen molar-refractivity contribution in [2.45, 2.75) is 81.6 Å². The third kappa shape index (κ3) is 2.27. The molecule has 8 nitrogen and oxygen atoms in total. The summed E-state index contributed by atoms with van der Waals surface area (Å²) in [4.78, 5) is 25.4. The van der Waals surface area contributed by atoms with Gasteiger partial charge in [-0.25, -0.2) is 4.79 Å². The highest BCUT2D eigenvalue weighted by Gasteiger charge is 2.80. The van der Waals surface area contributed by atoms with Gasteiger partial charge in [-0.2, -0.15) is 0 Å². The molecule has 3 aliphatic heterocycles. The van der Waals surface area contributed by atoms with Crippen LogP contribution in [0.2, 0.25) is 0 Å². The highest BCUT2D eigenvalue weighted by Crippen LogP contribution is 2.62. The van der Waals surface area contributed by atoms with Crippen molar-refractivity contribution in [1.82, 2.24) is 5.32 Å². The Morgan fingerprint density at radius 2 is 1.82 bits per heavy atom. The molecule has 2 saturated carbocycles. The van der Waals surface area contributed by atoms with E-state index in [-0.39, 0.29) is 30.6 Å². The van der Waals surface area contributed by atoms with Gasteiger partial charge in [0, 0.05) is 18.2 Å². The zero-order chi connectivity index (χ0) is 20.1. The summed E-state index contributed by atoms with van der Waals surface area (Å²) in [5.41, 5.74) is -1.89. The molecule has 0 unspecified atom stereocenters. The zero-order valence-electron chi connectivity index (χ0n) is 16.5. The Hall–Kier alpha value is -0.930. The summed E-state index contributed by atoms with van der Waals surface area (Å²) in [6.07, 6.45) is -1.86. The third-order valence-corrected chi connectivity index (χ3v) is 7.19. The average molecular weight is 416 g/mol. The summed E-state index contributed by atoms with van der Waals surface area (Å²) in [5, 5.41) is 2.96. The van der Waals surface area contributed by atoms with E-state index in [1.807, 2.05) is 27.7 Å². The van der Waals surface area contributed by atoms with Gasteiger partial charge < -0.3 is 29.0 Å². The molecule has 2 spiro atoms. The van der Waals surface area contributed by atoms with E-state index in [9.17, 15) is 9.59 Å². The zero-order valence-corrected chi connectivity index (χ0v) is 17.2. The van der Waals surface area contributed by atoms with Gasteiger partial charge in [0.25, 0.3) is 0 Å². The van der Waals surface area contributed by atoms with Crippen molar-refractivity contribution in [3.05, 3.63) is 0 Å². The number of fused-ring (bicyclic) bond motifs is 4. The highest BCUT2D eigenvalue weighted by atomic mass is 35.5. The van der Waals surface area contributed by atoms with E-state index in [0.29, 0.717) is 12.3 Å². The molecule has 0 radical (unpaired) electrons. The van der Waals surface area contributed by atoms with Gasteiger partial charge >= 0.3 is 6.09 Å². The largest absolute Gasteiger partial charge is 0.436 e. The molecule has 156 valence electrons. The molecule has 2 bridgehead atoms. The van der Waals surface area contributed by atoms with Crippen LogP contribution in [0, 0.1) is 11.8 Å². The lowest BCUT2D eigenvalue weighted by Gasteiger charge is -2.60. The van der Waals surface area contributed by atoms with Crippen molar-refractivity contribution in [3.8, 4) is 0 Å². The fourth-order valence-corrected chi connectivity index (χ4v) is 6.44. The van der Waals surface area contributed by atoms with Gasteiger partial charge in [-0.1, -0.05) is 0 Å². The van der Waals surface area contributed by atoms with E-state index in [1.165, 1.54) is 0 Å². The van der Waals surface area contributed by atoms with Crippen LogP contribution < -0.4 is 5.32 Å². The van der Waals surface area contributed by atoms with Crippen LogP contribution in [0.5, 0.6) is 0 Å². The quantitative estimate of drug-likeness (QED) is 0.686. The number of alkyl halides is 1. The summed E-state index contributed by atoms with van der Waals surface area (Å²) >= 11 is 6.17. The first-order valence-corrected chi connectivity index (χ1v) is 10.4. The van der Waals surface area contributed by atoms with E-state index in [0.717, 1.165) is 0 Å². The number of nitrogens with one attached hydrogen (secondary N) is 1. The lowest BCUT2D eigenvalue weighted by atomic mass is 9.50. The summed E-state index contributed by atoms with van der Waals surface area (Å²) in [6.45, 7) is 7.64. The Bertz CT molecular complexity index is 742. The maximum absolute atomic E-state index is 13.1. The van der Waals surface area contributed by atoms with E-state index >= 15 is 0 Å². The van der Waals surface area contributed by atoms with Gasteiger partial charge in [0.1, 0.15) is 23.3 Å². The van der Waals surface area contributed by atoms with Gasteiger partial charge in [0.15, 0.2) is 23.5 Å². The van der Waals surface area contributed by atoms with E-state index in [4.69, 9.17) is 35.3 Å².